The molecule has 1 N–H and O–H groups in total. The summed E-state index contributed by atoms with van der Waals surface area (Å²) in [6, 6.07) is 7.86. The average molecular weight is 425 g/mol. The molecule has 1 amide bonds. The van der Waals surface area contributed by atoms with E-state index in [1.54, 1.807) is 13.2 Å². The number of anilines is 1. The van der Waals surface area contributed by atoms with Crippen LogP contribution in [-0.2, 0) is 17.6 Å². The van der Waals surface area contributed by atoms with Crippen molar-refractivity contribution in [2.45, 2.75) is 46.0 Å². The number of fused-ring (bicyclic) bond motifs is 1. The van der Waals surface area contributed by atoms with Crippen molar-refractivity contribution in [1.29, 1.82) is 5.26 Å². The lowest BCUT2D eigenvalue weighted by molar-refractivity contribution is -0.111. The Morgan fingerprint density at radius 2 is 2.10 bits per heavy atom. The molecule has 1 heterocycles. The number of hydrogen-bond acceptors (Lipinski definition) is 5. The van der Waals surface area contributed by atoms with Crippen LogP contribution in [0.4, 0.5) is 5.00 Å². The van der Waals surface area contributed by atoms with E-state index in [1.165, 1.54) is 22.3 Å². The minimum absolute atomic E-state index is 0.249. The number of benzene rings is 1. The molecule has 0 aliphatic heterocycles. The third-order valence-corrected chi connectivity index (χ3v) is 6.29. The van der Waals surface area contributed by atoms with Crippen LogP contribution in [0.1, 0.15) is 54.7 Å². The lowest BCUT2D eigenvalue weighted by atomic mass is 9.96. The van der Waals surface area contributed by atoms with Gasteiger partial charge in [-0.1, -0.05) is 19.9 Å². The predicted octanol–water partition coefficient (Wildman–Crippen LogP) is 5.58. The van der Waals surface area contributed by atoms with Gasteiger partial charge in [0, 0.05) is 11.0 Å². The first-order valence-corrected chi connectivity index (χ1v) is 11.2. The van der Waals surface area contributed by atoms with Crippen LogP contribution in [0.25, 0.3) is 6.08 Å². The summed E-state index contributed by atoms with van der Waals surface area (Å²) < 4.78 is 11.2. The third kappa shape index (κ3) is 5.43. The minimum atomic E-state index is -0.249. The Kier molecular flexibility index (Phi) is 7.53. The molecule has 0 unspecified atom stereocenters. The first-order valence-electron chi connectivity index (χ1n) is 10.4. The van der Waals surface area contributed by atoms with Crippen molar-refractivity contribution in [2.24, 2.45) is 5.92 Å². The van der Waals surface area contributed by atoms with Crippen molar-refractivity contribution in [3.63, 3.8) is 0 Å². The zero-order valence-electron chi connectivity index (χ0n) is 17.8. The number of ether oxygens (including phenoxy) is 2. The fourth-order valence-electron chi connectivity index (χ4n) is 3.41. The second-order valence-corrected chi connectivity index (χ2v) is 8.90. The number of carbonyl (C=O) groups is 1. The molecule has 0 fully saturated rings. The maximum atomic E-state index is 12.4. The highest BCUT2D eigenvalue weighted by molar-refractivity contribution is 7.16. The molecule has 0 spiro atoms. The molecule has 2 aromatic rings. The van der Waals surface area contributed by atoms with Crippen LogP contribution in [0.15, 0.2) is 24.3 Å². The number of nitriles is 1. The first kappa shape index (κ1) is 21.9. The highest BCUT2D eigenvalue weighted by Gasteiger charge is 2.21. The van der Waals surface area contributed by atoms with E-state index in [0.29, 0.717) is 34.6 Å². The molecule has 1 aliphatic rings. The van der Waals surface area contributed by atoms with E-state index in [9.17, 15) is 10.1 Å². The fraction of sp³-hybridized carbons (Fsp3) is 0.417. The van der Waals surface area contributed by atoms with Crippen molar-refractivity contribution in [1.82, 2.24) is 0 Å². The van der Waals surface area contributed by atoms with Gasteiger partial charge in [0.15, 0.2) is 11.5 Å². The van der Waals surface area contributed by atoms with Crippen LogP contribution in [-0.4, -0.2) is 19.6 Å². The van der Waals surface area contributed by atoms with Gasteiger partial charge in [-0.3, -0.25) is 4.79 Å². The monoisotopic (exact) mass is 424 g/mol. The number of carbonyl (C=O) groups excluding carboxylic acids is 1. The highest BCUT2D eigenvalue weighted by Crippen LogP contribution is 2.37. The van der Waals surface area contributed by atoms with Crippen LogP contribution >= 0.6 is 11.3 Å². The molecule has 1 aliphatic carbocycles. The Bertz CT molecular complexity index is 970. The van der Waals surface area contributed by atoms with E-state index in [1.807, 2.05) is 18.2 Å². The summed E-state index contributed by atoms with van der Waals surface area (Å²) in [4.78, 5) is 13.7. The molecule has 0 bridgehead atoms. The van der Waals surface area contributed by atoms with Crippen LogP contribution in [0.2, 0.25) is 0 Å². The molecule has 1 aromatic carbocycles. The summed E-state index contributed by atoms with van der Waals surface area (Å²) >= 11 is 1.53. The Morgan fingerprint density at radius 3 is 2.83 bits per heavy atom. The van der Waals surface area contributed by atoms with E-state index in [0.717, 1.165) is 43.2 Å². The molecule has 0 saturated carbocycles. The van der Waals surface area contributed by atoms with Crippen molar-refractivity contribution < 1.29 is 14.3 Å². The average Bonchev–Trinajstić information content (AvgIpc) is 3.09. The van der Waals surface area contributed by atoms with Crippen molar-refractivity contribution in [2.75, 3.05) is 19.0 Å². The summed E-state index contributed by atoms with van der Waals surface area (Å²) in [5.74, 6) is 1.66. The van der Waals surface area contributed by atoms with Gasteiger partial charge >= 0.3 is 0 Å². The number of nitrogens with one attached hydrogen (secondary N) is 1. The topological polar surface area (TPSA) is 71.3 Å². The van der Waals surface area contributed by atoms with Gasteiger partial charge in [-0.15, -0.1) is 11.3 Å². The van der Waals surface area contributed by atoms with Gasteiger partial charge in [-0.25, -0.2) is 0 Å². The van der Waals surface area contributed by atoms with Crippen molar-refractivity contribution in [3.8, 4) is 17.6 Å². The zero-order chi connectivity index (χ0) is 21.5. The molecule has 30 heavy (non-hydrogen) atoms. The minimum Gasteiger partial charge on any atom is -0.493 e. The van der Waals surface area contributed by atoms with Gasteiger partial charge in [0.25, 0.3) is 0 Å². The van der Waals surface area contributed by atoms with Crippen LogP contribution < -0.4 is 14.8 Å². The molecule has 3 rings (SSSR count). The van der Waals surface area contributed by atoms with Crippen LogP contribution in [0.5, 0.6) is 11.5 Å². The van der Waals surface area contributed by atoms with Gasteiger partial charge < -0.3 is 14.8 Å². The summed E-state index contributed by atoms with van der Waals surface area (Å²) in [6.07, 6.45) is 8.35. The summed E-state index contributed by atoms with van der Waals surface area (Å²) in [7, 11) is 1.60. The molecule has 0 saturated heterocycles. The quantitative estimate of drug-likeness (QED) is 0.561. The lowest BCUT2D eigenvalue weighted by Gasteiger charge is -2.12. The van der Waals surface area contributed by atoms with Crippen molar-refractivity contribution in [3.05, 3.63) is 45.8 Å². The standard InChI is InChI=1S/C24H28N2O3S/c1-16(2)12-13-29-20-10-8-17(14-21(20)28-3)9-11-23(27)26-24-19(15-25)18-6-4-5-7-22(18)30-24/h8-11,14,16H,4-7,12-13H2,1-3H3,(H,26,27)/b11-9+. The number of nitrogens with zero attached hydrogens (tertiary/aromatic N) is 1. The maximum Gasteiger partial charge on any atom is 0.249 e. The summed E-state index contributed by atoms with van der Waals surface area (Å²) in [5.41, 5.74) is 2.58. The van der Waals surface area contributed by atoms with E-state index in [2.05, 4.69) is 25.2 Å². The molecule has 0 radical (unpaired) electrons. The number of aryl methyl sites for hydroxylation is 1. The Balaban J connectivity index is 1.66. The van der Waals surface area contributed by atoms with Crippen molar-refractivity contribution >= 4 is 28.3 Å². The number of methoxy groups -OCH3 is 1. The molecular weight excluding hydrogens is 396 g/mol. The first-order chi connectivity index (χ1) is 14.5. The van der Waals surface area contributed by atoms with E-state index in [4.69, 9.17) is 9.47 Å². The van der Waals surface area contributed by atoms with E-state index >= 15 is 0 Å². The van der Waals surface area contributed by atoms with Gasteiger partial charge in [0.2, 0.25) is 5.91 Å². The zero-order valence-corrected chi connectivity index (χ0v) is 18.6. The van der Waals surface area contributed by atoms with Gasteiger partial charge in [-0.2, -0.15) is 5.26 Å². The van der Waals surface area contributed by atoms with E-state index in [-0.39, 0.29) is 5.91 Å². The molecule has 6 heteroatoms. The number of thiophene rings is 1. The highest BCUT2D eigenvalue weighted by atomic mass is 32.1. The molecular formula is C24H28N2O3S. The van der Waals surface area contributed by atoms with Gasteiger partial charge in [0.1, 0.15) is 11.1 Å². The maximum absolute atomic E-state index is 12.4. The fourth-order valence-corrected chi connectivity index (χ4v) is 4.65. The SMILES string of the molecule is COc1cc(/C=C/C(=O)Nc2sc3c(c2C#N)CCCC3)ccc1OCCC(C)C. The lowest BCUT2D eigenvalue weighted by Crippen LogP contribution is -2.08. The second-order valence-electron chi connectivity index (χ2n) is 7.79. The number of amides is 1. The largest absolute Gasteiger partial charge is 0.493 e. The normalized spacial score (nSPS) is 13.2. The summed E-state index contributed by atoms with van der Waals surface area (Å²) in [5, 5.41) is 13.1. The molecule has 0 atom stereocenters. The Labute approximate surface area is 182 Å². The molecule has 5 nitrogen and oxygen atoms in total. The summed E-state index contributed by atoms with van der Waals surface area (Å²) in [6.45, 7) is 4.95. The Hall–Kier alpha value is -2.78. The number of hydrogen-bond donors (Lipinski definition) is 1. The predicted molar refractivity (Wildman–Crippen MR) is 121 cm³/mol. The molecule has 1 aromatic heterocycles. The van der Waals surface area contributed by atoms with Gasteiger partial charge in [0.05, 0.1) is 19.3 Å². The number of rotatable bonds is 8. The second kappa shape index (κ2) is 10.3. The third-order valence-electron chi connectivity index (χ3n) is 5.09. The molecule has 158 valence electrons. The van der Waals surface area contributed by atoms with Crippen LogP contribution in [0.3, 0.4) is 0 Å². The Morgan fingerprint density at radius 1 is 1.30 bits per heavy atom. The van der Waals surface area contributed by atoms with E-state index < -0.39 is 0 Å². The van der Waals surface area contributed by atoms with Crippen LogP contribution in [0, 0.1) is 17.2 Å². The van der Waals surface area contributed by atoms with Gasteiger partial charge in [-0.05, 0) is 67.4 Å². The smallest absolute Gasteiger partial charge is 0.249 e.